The summed E-state index contributed by atoms with van der Waals surface area (Å²) in [6.07, 6.45) is 0.729. The van der Waals surface area contributed by atoms with E-state index < -0.39 is 0 Å². The van der Waals surface area contributed by atoms with Crippen molar-refractivity contribution in [2.24, 2.45) is 0 Å². The normalized spacial score (nSPS) is 10.6. The van der Waals surface area contributed by atoms with Crippen molar-refractivity contribution in [1.82, 2.24) is 5.16 Å². The predicted octanol–water partition coefficient (Wildman–Crippen LogP) is 6.39. The number of amides is 1. The Morgan fingerprint density at radius 1 is 0.931 bits per heavy atom. The molecule has 0 saturated carbocycles. The van der Waals surface area contributed by atoms with Crippen LogP contribution in [0.25, 0.3) is 11.3 Å². The van der Waals surface area contributed by atoms with Crippen LogP contribution in [-0.2, 0) is 4.79 Å². The first-order valence-corrected chi connectivity index (χ1v) is 9.34. The molecule has 29 heavy (non-hydrogen) atoms. The van der Waals surface area contributed by atoms with E-state index >= 15 is 0 Å². The number of halogens is 1. The van der Waals surface area contributed by atoms with Crippen molar-refractivity contribution < 1.29 is 14.1 Å². The van der Waals surface area contributed by atoms with Crippen molar-refractivity contribution in [2.45, 2.75) is 6.92 Å². The molecule has 0 fully saturated rings. The van der Waals surface area contributed by atoms with Crippen molar-refractivity contribution >= 4 is 29.4 Å². The molecular weight excluding hydrogens is 388 g/mol. The molecule has 3 aromatic carbocycles. The first-order valence-electron chi connectivity index (χ1n) is 8.96. The molecule has 0 unspecified atom stereocenters. The summed E-state index contributed by atoms with van der Waals surface area (Å²) in [4.78, 5) is 13.5. The maximum absolute atomic E-state index is 12.0. The number of ether oxygens (including phenoxy) is 1. The molecule has 4 rings (SSSR count). The number of carbonyl (C=O) groups is 1. The lowest BCUT2D eigenvalue weighted by Crippen LogP contribution is -2.15. The molecule has 0 atom stereocenters. The fraction of sp³-hybridized carbons (Fsp3) is 0.0435. The van der Waals surface area contributed by atoms with Gasteiger partial charge in [0.15, 0.2) is 5.76 Å². The van der Waals surface area contributed by atoms with E-state index in [0.29, 0.717) is 39.2 Å². The molecule has 0 N–H and O–H groups in total. The van der Waals surface area contributed by atoms with E-state index in [1.807, 2.05) is 48.5 Å². The Balaban J connectivity index is 1.67. The molecule has 1 aromatic heterocycles. The zero-order valence-corrected chi connectivity index (χ0v) is 16.3. The Kier molecular flexibility index (Phi) is 5.31. The molecule has 4 aromatic rings. The molecular formula is C23H17ClN2O3. The molecule has 0 spiro atoms. The Bertz CT molecular complexity index is 1120. The highest BCUT2D eigenvalue weighted by molar-refractivity contribution is 6.33. The lowest BCUT2D eigenvalue weighted by atomic mass is 10.1. The van der Waals surface area contributed by atoms with Gasteiger partial charge in [-0.2, -0.15) is 0 Å². The number of para-hydroxylation sites is 1. The van der Waals surface area contributed by atoms with Gasteiger partial charge in [-0.05, 0) is 49.4 Å². The molecule has 0 radical (unpaired) electrons. The summed E-state index contributed by atoms with van der Waals surface area (Å²) in [5.41, 5.74) is 2.39. The van der Waals surface area contributed by atoms with E-state index in [1.54, 1.807) is 37.3 Å². The summed E-state index contributed by atoms with van der Waals surface area (Å²) in [6.45, 7) is 1.76. The maximum atomic E-state index is 12.0. The Hall–Kier alpha value is -3.57. The number of hydrogen-bond acceptors (Lipinski definition) is 4. The molecule has 0 aliphatic rings. The molecule has 5 nitrogen and oxygen atoms in total. The zero-order chi connectivity index (χ0) is 20.2. The molecule has 0 saturated heterocycles. The van der Waals surface area contributed by atoms with E-state index in [9.17, 15) is 4.79 Å². The second kappa shape index (κ2) is 8.20. The lowest BCUT2D eigenvalue weighted by molar-refractivity contribution is -0.106. The number of aromatic nitrogens is 1. The van der Waals surface area contributed by atoms with Crippen LogP contribution >= 0.6 is 11.6 Å². The second-order valence-corrected chi connectivity index (χ2v) is 6.71. The van der Waals surface area contributed by atoms with E-state index in [1.165, 1.54) is 4.90 Å². The van der Waals surface area contributed by atoms with Gasteiger partial charge >= 0.3 is 0 Å². The van der Waals surface area contributed by atoms with Gasteiger partial charge in [0.05, 0.1) is 5.02 Å². The number of nitrogens with zero attached hydrogens (tertiary/aromatic N) is 2. The van der Waals surface area contributed by atoms with Gasteiger partial charge < -0.3 is 9.26 Å². The minimum Gasteiger partial charge on any atom is -0.457 e. The van der Waals surface area contributed by atoms with Crippen LogP contribution < -0.4 is 9.64 Å². The highest BCUT2D eigenvalue weighted by Gasteiger charge is 2.23. The summed E-state index contributed by atoms with van der Waals surface area (Å²) in [5.74, 6) is 1.92. The predicted molar refractivity (Wildman–Crippen MR) is 113 cm³/mol. The lowest BCUT2D eigenvalue weighted by Gasteiger charge is -2.18. The standard InChI is InChI=1S/C23H17ClN2O3/c1-16-23(22(25-29-16)20-9-5-6-10-21(20)24)26(15-27)17-11-13-19(14-12-17)28-18-7-3-2-4-8-18/h2-15H,1H3. The van der Waals surface area contributed by atoms with Gasteiger partial charge in [-0.3, -0.25) is 9.69 Å². The summed E-state index contributed by atoms with van der Waals surface area (Å²) in [5, 5.41) is 4.66. The van der Waals surface area contributed by atoms with Gasteiger partial charge in [-0.25, -0.2) is 0 Å². The average molecular weight is 405 g/mol. The molecule has 0 bridgehead atoms. The third-order valence-electron chi connectivity index (χ3n) is 4.40. The van der Waals surface area contributed by atoms with Crippen molar-refractivity contribution in [2.75, 3.05) is 4.90 Å². The Morgan fingerprint density at radius 3 is 2.28 bits per heavy atom. The third-order valence-corrected chi connectivity index (χ3v) is 4.73. The summed E-state index contributed by atoms with van der Waals surface area (Å²) in [7, 11) is 0. The van der Waals surface area contributed by atoms with Crippen LogP contribution in [0.5, 0.6) is 11.5 Å². The van der Waals surface area contributed by atoms with Crippen molar-refractivity contribution in [1.29, 1.82) is 0 Å². The second-order valence-electron chi connectivity index (χ2n) is 6.30. The number of hydrogen-bond donors (Lipinski definition) is 0. The van der Waals surface area contributed by atoms with Crippen LogP contribution in [0.2, 0.25) is 5.02 Å². The number of carbonyl (C=O) groups excluding carboxylic acids is 1. The van der Waals surface area contributed by atoms with Gasteiger partial charge in [-0.1, -0.05) is 53.2 Å². The number of rotatable bonds is 6. The summed E-state index contributed by atoms with van der Waals surface area (Å²) < 4.78 is 11.2. The molecule has 144 valence electrons. The first-order chi connectivity index (χ1) is 14.2. The van der Waals surface area contributed by atoms with Gasteiger partial charge in [0.1, 0.15) is 22.9 Å². The number of aryl methyl sites for hydroxylation is 1. The van der Waals surface area contributed by atoms with Crippen molar-refractivity contribution in [3.8, 4) is 22.8 Å². The fourth-order valence-corrected chi connectivity index (χ4v) is 3.25. The summed E-state index contributed by atoms with van der Waals surface area (Å²) >= 11 is 6.33. The summed E-state index contributed by atoms with van der Waals surface area (Å²) in [6, 6.07) is 24.0. The van der Waals surface area contributed by atoms with Crippen LogP contribution in [-0.4, -0.2) is 11.6 Å². The van der Waals surface area contributed by atoms with Crippen molar-refractivity contribution in [3.63, 3.8) is 0 Å². The van der Waals surface area contributed by atoms with Crippen LogP contribution in [0.3, 0.4) is 0 Å². The first kappa shape index (κ1) is 18.8. The fourth-order valence-electron chi connectivity index (χ4n) is 3.02. The molecule has 0 aliphatic carbocycles. The highest BCUT2D eigenvalue weighted by atomic mass is 35.5. The molecule has 6 heteroatoms. The molecule has 0 aliphatic heterocycles. The quantitative estimate of drug-likeness (QED) is 0.349. The minimum absolute atomic E-state index is 0.504. The van der Waals surface area contributed by atoms with Crippen molar-refractivity contribution in [3.05, 3.63) is 89.6 Å². The largest absolute Gasteiger partial charge is 0.457 e. The highest BCUT2D eigenvalue weighted by Crippen LogP contribution is 2.39. The Morgan fingerprint density at radius 2 is 1.59 bits per heavy atom. The van der Waals surface area contributed by atoms with Gasteiger partial charge in [0.25, 0.3) is 0 Å². The maximum Gasteiger partial charge on any atom is 0.218 e. The zero-order valence-electron chi connectivity index (χ0n) is 15.6. The topological polar surface area (TPSA) is 55.6 Å². The minimum atomic E-state index is 0.504. The van der Waals surface area contributed by atoms with Gasteiger partial charge in [0.2, 0.25) is 6.41 Å². The Labute approximate surface area is 173 Å². The van der Waals surface area contributed by atoms with Gasteiger partial charge in [-0.15, -0.1) is 0 Å². The van der Waals surface area contributed by atoms with Crippen LogP contribution in [0.1, 0.15) is 5.76 Å². The van der Waals surface area contributed by atoms with E-state index in [2.05, 4.69) is 5.16 Å². The number of benzene rings is 3. The van der Waals surface area contributed by atoms with Crippen LogP contribution in [0.15, 0.2) is 83.4 Å². The molecule has 1 amide bonds. The number of anilines is 2. The molecule has 1 heterocycles. The third kappa shape index (κ3) is 3.86. The van der Waals surface area contributed by atoms with E-state index in [4.69, 9.17) is 20.9 Å². The van der Waals surface area contributed by atoms with E-state index in [-0.39, 0.29) is 0 Å². The van der Waals surface area contributed by atoms with Crippen LogP contribution in [0, 0.1) is 6.92 Å². The van der Waals surface area contributed by atoms with Gasteiger partial charge in [0, 0.05) is 11.3 Å². The van der Waals surface area contributed by atoms with Crippen LogP contribution in [0.4, 0.5) is 11.4 Å². The van der Waals surface area contributed by atoms with E-state index in [0.717, 1.165) is 12.2 Å². The monoisotopic (exact) mass is 404 g/mol. The average Bonchev–Trinajstić information content (AvgIpc) is 3.12. The SMILES string of the molecule is Cc1onc(-c2ccccc2Cl)c1N(C=O)c1ccc(Oc2ccccc2)cc1. The smallest absolute Gasteiger partial charge is 0.218 e.